The Morgan fingerprint density at radius 2 is 2.43 bits per heavy atom. The molecule has 0 heterocycles. The third kappa shape index (κ3) is 5.32. The number of rotatable bonds is 3. The first-order valence-corrected chi connectivity index (χ1v) is 1.58. The molecule has 5 nitrogen and oxygen atoms in total. The summed E-state index contributed by atoms with van der Waals surface area (Å²) < 4.78 is 0. The van der Waals surface area contributed by atoms with Gasteiger partial charge in [0.2, 0.25) is 0 Å². The maximum absolute atomic E-state index is 9.74. The minimum Gasteiger partial charge on any atom is -0.828 e. The Kier molecular flexibility index (Phi) is 3.17. The number of hydrogen-bond donors (Lipinski definition) is 0. The smallest absolute Gasteiger partial charge is 0.190 e. The van der Waals surface area contributed by atoms with Gasteiger partial charge in [-0.15, -0.1) is 4.91 Å². The summed E-state index contributed by atoms with van der Waals surface area (Å²) >= 11 is 0. The van der Waals surface area contributed by atoms with Gasteiger partial charge in [0.25, 0.3) is 0 Å². The maximum Gasteiger partial charge on any atom is 0.190 e. The van der Waals surface area contributed by atoms with Crippen LogP contribution in [0.4, 0.5) is 0 Å². The summed E-state index contributed by atoms with van der Waals surface area (Å²) in [5.74, 6) is 0. The fourth-order valence-electron chi connectivity index (χ4n) is 0.0782. The lowest BCUT2D eigenvalue weighted by Gasteiger charge is -2.09. The fraction of sp³-hybridized carbons (Fsp3) is 1.00. The van der Waals surface area contributed by atoms with Gasteiger partial charge < -0.3 is 5.11 Å². The number of nitrogens with zero attached hydrogens (tertiary/aromatic N) is 1. The molecule has 7 heavy (non-hydrogen) atoms. The van der Waals surface area contributed by atoms with E-state index in [0.29, 0.717) is 0 Å². The number of hydrogen-bond acceptors (Lipinski definition) is 5. The largest absolute Gasteiger partial charge is 0.828 e. The van der Waals surface area contributed by atoms with E-state index >= 15 is 0 Å². The van der Waals surface area contributed by atoms with Crippen LogP contribution >= 0.6 is 0 Å². The van der Waals surface area contributed by atoms with E-state index in [0.717, 1.165) is 0 Å². The molecule has 0 N–H and O–H groups in total. The van der Waals surface area contributed by atoms with Crippen molar-refractivity contribution in [3.63, 3.8) is 0 Å². The second-order valence-corrected chi connectivity index (χ2v) is 0.813. The van der Waals surface area contributed by atoms with Crippen LogP contribution in [0.25, 0.3) is 0 Å². The highest BCUT2D eigenvalue weighted by molar-refractivity contribution is 4.05. The Hall–Kier alpha value is -0.680. The maximum atomic E-state index is 9.74. The molecular formula is C2H4NO4-. The van der Waals surface area contributed by atoms with E-state index in [4.69, 9.17) is 4.91 Å². The molecular weight excluding hydrogens is 102 g/mol. The quantitative estimate of drug-likeness (QED) is 0.207. The second kappa shape index (κ2) is 3.51. The lowest BCUT2D eigenvalue weighted by Crippen LogP contribution is -2.23. The highest BCUT2D eigenvalue weighted by Gasteiger charge is 1.81. The summed E-state index contributed by atoms with van der Waals surface area (Å²) in [5, 5.41) is 11.5. The molecule has 0 radical (unpaired) electrons. The Balaban J connectivity index is 2.81. The summed E-state index contributed by atoms with van der Waals surface area (Å²) in [4.78, 5) is 16.0. The molecule has 0 amide bonds. The molecule has 0 saturated carbocycles. The van der Waals surface area contributed by atoms with Gasteiger partial charge in [-0.1, -0.05) is 0 Å². The van der Waals surface area contributed by atoms with Gasteiger partial charge in [-0.3, -0.25) is 0 Å². The van der Waals surface area contributed by atoms with E-state index in [2.05, 4.69) is 9.88 Å². The topological polar surface area (TPSA) is 70.9 Å². The summed E-state index contributed by atoms with van der Waals surface area (Å²) in [5.41, 5.74) is 0. The van der Waals surface area contributed by atoms with Crippen LogP contribution in [0.1, 0.15) is 6.92 Å². The molecule has 42 valence electrons. The first kappa shape index (κ1) is 6.32. The van der Waals surface area contributed by atoms with Crippen LogP contribution in [-0.2, 0) is 9.88 Å². The Morgan fingerprint density at radius 3 is 2.57 bits per heavy atom. The lowest BCUT2D eigenvalue weighted by atomic mass is 10.8. The predicted octanol–water partition coefficient (Wildman–Crippen LogP) is -0.678. The van der Waals surface area contributed by atoms with E-state index in [1.165, 1.54) is 6.92 Å². The Labute approximate surface area is 39.7 Å². The fourth-order valence-corrected chi connectivity index (χ4v) is 0.0782. The van der Waals surface area contributed by atoms with Crippen molar-refractivity contribution in [1.82, 2.24) is 0 Å². The molecule has 1 unspecified atom stereocenters. The zero-order valence-electron chi connectivity index (χ0n) is 3.66. The van der Waals surface area contributed by atoms with Crippen molar-refractivity contribution in [3.8, 4) is 0 Å². The monoisotopic (exact) mass is 106 g/mol. The van der Waals surface area contributed by atoms with Crippen LogP contribution < -0.4 is 5.11 Å². The van der Waals surface area contributed by atoms with Gasteiger partial charge in [-0.25, -0.2) is 0 Å². The molecule has 0 aliphatic rings. The van der Waals surface area contributed by atoms with E-state index in [1.807, 2.05) is 0 Å². The van der Waals surface area contributed by atoms with Gasteiger partial charge in [-0.05, 0) is 6.92 Å². The Bertz CT molecular complexity index is 53.7. The zero-order valence-corrected chi connectivity index (χ0v) is 3.66. The van der Waals surface area contributed by atoms with E-state index in [1.54, 1.807) is 5.34 Å². The third-order valence-corrected chi connectivity index (χ3v) is 0.209. The molecule has 0 saturated heterocycles. The average Bonchev–Trinajstić information content (AvgIpc) is 1.61. The molecule has 0 spiro atoms. The average molecular weight is 106 g/mol. The molecule has 0 fully saturated rings. The molecule has 5 heteroatoms. The van der Waals surface area contributed by atoms with Crippen molar-refractivity contribution in [2.75, 3.05) is 0 Å². The van der Waals surface area contributed by atoms with Crippen LogP contribution in [0, 0.1) is 4.91 Å². The summed E-state index contributed by atoms with van der Waals surface area (Å²) in [6.07, 6.45) is -1.36. The molecule has 0 bridgehead atoms. The van der Waals surface area contributed by atoms with Gasteiger partial charge >= 0.3 is 0 Å². The first-order valence-electron chi connectivity index (χ1n) is 1.58. The van der Waals surface area contributed by atoms with Gasteiger partial charge in [0.1, 0.15) is 0 Å². The van der Waals surface area contributed by atoms with E-state index in [-0.39, 0.29) is 0 Å². The van der Waals surface area contributed by atoms with Crippen molar-refractivity contribution in [2.24, 2.45) is 5.34 Å². The summed E-state index contributed by atoms with van der Waals surface area (Å²) in [6, 6.07) is 0. The molecule has 0 aromatic rings. The third-order valence-electron chi connectivity index (χ3n) is 0.209. The minimum atomic E-state index is -1.36. The van der Waals surface area contributed by atoms with Crippen molar-refractivity contribution in [2.45, 2.75) is 13.2 Å². The zero-order chi connectivity index (χ0) is 5.70. The predicted molar refractivity (Wildman–Crippen MR) is 17.4 cm³/mol. The SMILES string of the molecule is CC([O-])OON=O. The lowest BCUT2D eigenvalue weighted by molar-refractivity contribution is -0.554. The van der Waals surface area contributed by atoms with E-state index < -0.39 is 6.29 Å². The van der Waals surface area contributed by atoms with Gasteiger partial charge in [0.05, 0.1) is 0 Å². The van der Waals surface area contributed by atoms with E-state index in [9.17, 15) is 5.11 Å². The van der Waals surface area contributed by atoms with Crippen molar-refractivity contribution >= 4 is 0 Å². The van der Waals surface area contributed by atoms with Crippen molar-refractivity contribution < 1.29 is 15.0 Å². The molecule has 1 atom stereocenters. The molecule has 0 aromatic carbocycles. The Morgan fingerprint density at radius 1 is 1.86 bits per heavy atom. The standard InChI is InChI=1S/C2H4NO4/c1-2(4)6-7-3-5/h2H,1H3/q-1. The first-order chi connectivity index (χ1) is 3.27. The molecule has 0 aliphatic carbocycles. The van der Waals surface area contributed by atoms with Crippen molar-refractivity contribution in [1.29, 1.82) is 0 Å². The van der Waals surface area contributed by atoms with Crippen LogP contribution in [0.15, 0.2) is 5.34 Å². The summed E-state index contributed by atoms with van der Waals surface area (Å²) in [7, 11) is 0. The van der Waals surface area contributed by atoms with Crippen LogP contribution in [0.3, 0.4) is 0 Å². The molecule has 0 aliphatic heterocycles. The molecule has 0 rings (SSSR count). The highest BCUT2D eigenvalue weighted by Crippen LogP contribution is 1.79. The van der Waals surface area contributed by atoms with Crippen LogP contribution in [0.5, 0.6) is 0 Å². The van der Waals surface area contributed by atoms with Crippen LogP contribution in [-0.4, -0.2) is 6.29 Å². The van der Waals surface area contributed by atoms with Gasteiger partial charge in [0, 0.05) is 6.29 Å². The summed E-state index contributed by atoms with van der Waals surface area (Å²) in [6.45, 7) is 1.17. The minimum absolute atomic E-state index is 1.17. The molecule has 0 aromatic heterocycles. The second-order valence-electron chi connectivity index (χ2n) is 0.813. The highest BCUT2D eigenvalue weighted by atomic mass is 17.3. The van der Waals surface area contributed by atoms with Crippen molar-refractivity contribution in [3.05, 3.63) is 4.91 Å². The van der Waals surface area contributed by atoms with Crippen LogP contribution in [0.2, 0.25) is 0 Å². The normalized spacial score (nSPS) is 12.9. The van der Waals surface area contributed by atoms with Gasteiger partial charge in [-0.2, -0.15) is 9.88 Å². The van der Waals surface area contributed by atoms with Gasteiger partial charge in [0.15, 0.2) is 5.34 Å².